The minimum Gasteiger partial charge on any atom is -0.390 e. The van der Waals surface area contributed by atoms with Crippen molar-refractivity contribution in [2.45, 2.75) is 41.6 Å². The van der Waals surface area contributed by atoms with E-state index in [-0.39, 0.29) is 15.1 Å². The smallest absolute Gasteiger partial charge is 0.209 e. The quantitative estimate of drug-likeness (QED) is 0.571. The fourth-order valence-electron chi connectivity index (χ4n) is 3.36. The van der Waals surface area contributed by atoms with E-state index in [2.05, 4.69) is 29.5 Å². The highest BCUT2D eigenvalue weighted by molar-refractivity contribution is 14.1. The molecule has 4 nitrogen and oxygen atoms in total. The highest BCUT2D eigenvalue weighted by Crippen LogP contribution is 2.57. The van der Waals surface area contributed by atoms with E-state index >= 15 is 0 Å². The summed E-state index contributed by atoms with van der Waals surface area (Å²) in [6, 6.07) is 0. The Hall–Kier alpha value is 0.600. The van der Waals surface area contributed by atoms with Crippen LogP contribution in [0.4, 0.5) is 0 Å². The van der Waals surface area contributed by atoms with Gasteiger partial charge in [-0.1, -0.05) is 29.5 Å². The first kappa shape index (κ1) is 13.0. The van der Waals surface area contributed by atoms with E-state index in [4.69, 9.17) is 5.14 Å². The predicted molar refractivity (Wildman–Crippen MR) is 70.8 cm³/mol. The number of primary sulfonamides is 1. The van der Waals surface area contributed by atoms with Crippen molar-refractivity contribution in [3.05, 3.63) is 0 Å². The Morgan fingerprint density at radius 3 is 2.69 bits per heavy atom. The second-order valence-corrected chi connectivity index (χ2v) is 9.69. The fourth-order valence-corrected chi connectivity index (χ4v) is 5.59. The maximum Gasteiger partial charge on any atom is 0.209 e. The maximum atomic E-state index is 11.1. The number of fused-ring (bicyclic) bond motifs is 2. The van der Waals surface area contributed by atoms with Crippen LogP contribution in [-0.2, 0) is 10.0 Å². The summed E-state index contributed by atoms with van der Waals surface area (Å²) in [5.41, 5.74) is -0.814. The van der Waals surface area contributed by atoms with Crippen LogP contribution in [0.1, 0.15) is 32.6 Å². The molecule has 2 rings (SSSR count). The second kappa shape index (κ2) is 3.80. The third kappa shape index (κ3) is 2.39. The summed E-state index contributed by atoms with van der Waals surface area (Å²) in [6.07, 6.45) is 3.19. The van der Waals surface area contributed by atoms with E-state index in [1.165, 1.54) is 0 Å². The molecule has 0 aromatic rings. The van der Waals surface area contributed by atoms with Crippen LogP contribution in [0.25, 0.3) is 0 Å². The zero-order valence-electron chi connectivity index (χ0n) is 9.32. The number of rotatable bonds is 2. The van der Waals surface area contributed by atoms with Crippen LogP contribution in [-0.4, -0.2) is 28.3 Å². The Balaban J connectivity index is 2.20. The van der Waals surface area contributed by atoms with E-state index in [9.17, 15) is 13.5 Å². The first-order valence-electron chi connectivity index (χ1n) is 5.54. The molecule has 3 unspecified atom stereocenters. The Labute approximate surface area is 110 Å². The first-order valence-corrected chi connectivity index (χ1v) is 8.34. The molecule has 0 aromatic carbocycles. The number of alkyl halides is 1. The second-order valence-electron chi connectivity index (χ2n) is 5.56. The number of halogens is 1. The van der Waals surface area contributed by atoms with Crippen molar-refractivity contribution in [3.63, 3.8) is 0 Å². The Bertz CT molecular complexity index is 395. The fraction of sp³-hybridized carbons (Fsp3) is 1.00. The van der Waals surface area contributed by atoms with Crippen molar-refractivity contribution < 1.29 is 13.5 Å². The monoisotopic (exact) mass is 359 g/mol. The Kier molecular flexibility index (Phi) is 3.09. The lowest BCUT2D eigenvalue weighted by molar-refractivity contribution is -0.0256. The summed E-state index contributed by atoms with van der Waals surface area (Å²) in [6.45, 7) is 2.15. The standard InChI is InChI=1S/C10H18INO3S/c1-9(11)6-10(13)4-7(9)2-3-8(10)5-16(12,14)15/h7-8,13H,2-6H2,1H3,(H2,12,14,15)/t7-,8?,9?,10?/m0/s1. The number of nitrogens with two attached hydrogens (primary N) is 1. The molecule has 0 spiro atoms. The molecule has 0 radical (unpaired) electrons. The number of hydrogen-bond donors (Lipinski definition) is 2. The Morgan fingerprint density at radius 1 is 1.50 bits per heavy atom. The normalized spacial score (nSPS) is 48.2. The molecule has 16 heavy (non-hydrogen) atoms. The van der Waals surface area contributed by atoms with Gasteiger partial charge < -0.3 is 5.11 Å². The van der Waals surface area contributed by atoms with E-state index in [1.54, 1.807) is 0 Å². The van der Waals surface area contributed by atoms with Gasteiger partial charge in [-0.3, -0.25) is 0 Å². The molecule has 2 saturated carbocycles. The number of aliphatic hydroxyl groups is 1. The highest BCUT2D eigenvalue weighted by atomic mass is 127. The lowest BCUT2D eigenvalue weighted by Gasteiger charge is -2.36. The molecule has 3 N–H and O–H groups in total. The molecule has 2 aliphatic carbocycles. The summed E-state index contributed by atoms with van der Waals surface area (Å²) in [4.78, 5) is 0. The van der Waals surface area contributed by atoms with Gasteiger partial charge >= 0.3 is 0 Å². The van der Waals surface area contributed by atoms with Crippen LogP contribution >= 0.6 is 22.6 Å². The van der Waals surface area contributed by atoms with Crippen LogP contribution in [0.15, 0.2) is 0 Å². The summed E-state index contributed by atoms with van der Waals surface area (Å²) in [5.74, 6) is 0.244. The molecule has 6 heteroatoms. The first-order chi connectivity index (χ1) is 7.12. The molecule has 2 bridgehead atoms. The maximum absolute atomic E-state index is 11.1. The van der Waals surface area contributed by atoms with Gasteiger partial charge in [0.15, 0.2) is 0 Å². The van der Waals surface area contributed by atoms with Crippen molar-refractivity contribution in [2.75, 3.05) is 5.75 Å². The Morgan fingerprint density at radius 2 is 2.12 bits per heavy atom. The SMILES string of the molecule is CC1(I)CC2(O)C[C@@H]1CCC2CS(N)(=O)=O. The van der Waals surface area contributed by atoms with Gasteiger partial charge in [0.25, 0.3) is 0 Å². The van der Waals surface area contributed by atoms with E-state index in [1.807, 2.05) is 0 Å². The minimum absolute atomic E-state index is 0.0804. The van der Waals surface area contributed by atoms with Gasteiger partial charge in [0.1, 0.15) is 0 Å². The number of hydrogen-bond acceptors (Lipinski definition) is 3. The molecule has 4 atom stereocenters. The molecule has 2 fully saturated rings. The van der Waals surface area contributed by atoms with Crippen LogP contribution in [0.3, 0.4) is 0 Å². The molecular formula is C10H18INO3S. The third-order valence-electron chi connectivity index (χ3n) is 4.16. The zero-order valence-corrected chi connectivity index (χ0v) is 12.3. The molecule has 0 amide bonds. The minimum atomic E-state index is -3.49. The van der Waals surface area contributed by atoms with Gasteiger partial charge in [-0.25, -0.2) is 13.6 Å². The molecule has 0 aromatic heterocycles. The lowest BCUT2D eigenvalue weighted by Crippen LogP contribution is -2.43. The highest BCUT2D eigenvalue weighted by Gasteiger charge is 2.56. The van der Waals surface area contributed by atoms with Gasteiger partial charge in [-0.2, -0.15) is 0 Å². The van der Waals surface area contributed by atoms with Crippen LogP contribution in [0.5, 0.6) is 0 Å². The van der Waals surface area contributed by atoms with Crippen molar-refractivity contribution >= 4 is 32.6 Å². The average molecular weight is 359 g/mol. The van der Waals surface area contributed by atoms with Crippen LogP contribution in [0.2, 0.25) is 0 Å². The third-order valence-corrected chi connectivity index (χ3v) is 6.29. The summed E-state index contributed by atoms with van der Waals surface area (Å²) < 4.78 is 22.4. The van der Waals surface area contributed by atoms with Crippen molar-refractivity contribution in [3.8, 4) is 0 Å². The molecular weight excluding hydrogens is 341 g/mol. The van der Waals surface area contributed by atoms with Gasteiger partial charge in [0.2, 0.25) is 10.0 Å². The summed E-state index contributed by atoms with van der Waals surface area (Å²) in [7, 11) is -3.49. The summed E-state index contributed by atoms with van der Waals surface area (Å²) in [5, 5.41) is 15.6. The van der Waals surface area contributed by atoms with Crippen LogP contribution in [0, 0.1) is 11.8 Å². The van der Waals surface area contributed by atoms with Crippen LogP contribution < -0.4 is 5.14 Å². The van der Waals surface area contributed by atoms with E-state index in [0.717, 1.165) is 19.3 Å². The lowest BCUT2D eigenvalue weighted by atomic mass is 9.77. The molecule has 0 aliphatic heterocycles. The zero-order chi connectivity index (χ0) is 12.2. The van der Waals surface area contributed by atoms with E-state index in [0.29, 0.717) is 12.3 Å². The van der Waals surface area contributed by atoms with Crippen molar-refractivity contribution in [1.82, 2.24) is 0 Å². The molecule has 0 saturated heterocycles. The predicted octanol–water partition coefficient (Wildman–Crippen LogP) is 1.02. The topological polar surface area (TPSA) is 80.4 Å². The summed E-state index contributed by atoms with van der Waals surface area (Å²) >= 11 is 2.40. The largest absolute Gasteiger partial charge is 0.390 e. The van der Waals surface area contributed by atoms with Gasteiger partial charge in [-0.05, 0) is 31.6 Å². The van der Waals surface area contributed by atoms with Gasteiger partial charge in [-0.15, -0.1) is 0 Å². The van der Waals surface area contributed by atoms with Crippen molar-refractivity contribution in [1.29, 1.82) is 0 Å². The van der Waals surface area contributed by atoms with E-state index < -0.39 is 15.6 Å². The molecule has 0 heterocycles. The van der Waals surface area contributed by atoms with Gasteiger partial charge in [0.05, 0.1) is 11.4 Å². The molecule has 2 aliphatic rings. The number of sulfonamides is 1. The van der Waals surface area contributed by atoms with Crippen molar-refractivity contribution in [2.24, 2.45) is 17.0 Å². The average Bonchev–Trinajstić information content (AvgIpc) is 2.23. The van der Waals surface area contributed by atoms with Gasteiger partial charge in [0, 0.05) is 9.34 Å². The molecule has 94 valence electrons.